The maximum atomic E-state index is 8.88. The normalized spacial score (nSPS) is 22.5. The molecule has 0 bridgehead atoms. The molecule has 0 aliphatic carbocycles. The van der Waals surface area contributed by atoms with Crippen LogP contribution < -0.4 is 0 Å². The molecule has 0 spiro atoms. The summed E-state index contributed by atoms with van der Waals surface area (Å²) in [4.78, 5) is 0. The SMILES string of the molecule is OCc1cc(CC2CCCSC2)n[nH]1. The number of rotatable bonds is 3. The molecule has 14 heavy (non-hydrogen) atoms. The topological polar surface area (TPSA) is 48.9 Å². The van der Waals surface area contributed by atoms with Crippen LogP contribution in [0.15, 0.2) is 6.07 Å². The number of hydrogen-bond acceptors (Lipinski definition) is 3. The summed E-state index contributed by atoms with van der Waals surface area (Å²) >= 11 is 2.05. The molecule has 2 N–H and O–H groups in total. The Morgan fingerprint density at radius 1 is 1.64 bits per heavy atom. The zero-order valence-electron chi connectivity index (χ0n) is 8.20. The fourth-order valence-corrected chi connectivity index (χ4v) is 3.01. The smallest absolute Gasteiger partial charge is 0.0847 e. The van der Waals surface area contributed by atoms with E-state index in [0.29, 0.717) is 0 Å². The van der Waals surface area contributed by atoms with Crippen molar-refractivity contribution in [2.24, 2.45) is 5.92 Å². The van der Waals surface area contributed by atoms with Crippen molar-refractivity contribution in [3.63, 3.8) is 0 Å². The molecule has 0 saturated carbocycles. The number of aromatic nitrogens is 2. The molecule has 1 fully saturated rings. The minimum Gasteiger partial charge on any atom is -0.390 e. The molecular formula is C10H16N2OS. The lowest BCUT2D eigenvalue weighted by molar-refractivity contribution is 0.276. The minimum absolute atomic E-state index is 0.0619. The summed E-state index contributed by atoms with van der Waals surface area (Å²) in [6, 6.07) is 1.97. The first-order valence-electron chi connectivity index (χ1n) is 5.10. The lowest BCUT2D eigenvalue weighted by Crippen LogP contribution is -2.13. The van der Waals surface area contributed by atoms with Crippen molar-refractivity contribution in [3.05, 3.63) is 17.5 Å². The molecule has 0 amide bonds. The van der Waals surface area contributed by atoms with Crippen molar-refractivity contribution in [2.45, 2.75) is 25.9 Å². The maximum Gasteiger partial charge on any atom is 0.0847 e. The summed E-state index contributed by atoms with van der Waals surface area (Å²) in [5.74, 6) is 3.36. The van der Waals surface area contributed by atoms with Crippen molar-refractivity contribution in [1.82, 2.24) is 10.2 Å². The van der Waals surface area contributed by atoms with Crippen LogP contribution >= 0.6 is 11.8 Å². The van der Waals surface area contributed by atoms with Crippen LogP contribution in [0.25, 0.3) is 0 Å². The highest BCUT2D eigenvalue weighted by Gasteiger charge is 2.15. The number of hydrogen-bond donors (Lipinski definition) is 2. The molecular weight excluding hydrogens is 196 g/mol. The van der Waals surface area contributed by atoms with Crippen LogP contribution in [0.5, 0.6) is 0 Å². The van der Waals surface area contributed by atoms with Crippen LogP contribution in [-0.2, 0) is 13.0 Å². The van der Waals surface area contributed by atoms with E-state index in [1.54, 1.807) is 0 Å². The van der Waals surface area contributed by atoms with E-state index in [-0.39, 0.29) is 6.61 Å². The molecule has 1 saturated heterocycles. The quantitative estimate of drug-likeness (QED) is 0.800. The van der Waals surface area contributed by atoms with Gasteiger partial charge in [0.1, 0.15) is 0 Å². The highest BCUT2D eigenvalue weighted by atomic mass is 32.2. The summed E-state index contributed by atoms with van der Waals surface area (Å²) < 4.78 is 0. The van der Waals surface area contributed by atoms with Crippen LogP contribution in [0.2, 0.25) is 0 Å². The van der Waals surface area contributed by atoms with E-state index in [1.807, 2.05) is 17.8 Å². The van der Waals surface area contributed by atoms with Crippen LogP contribution in [0, 0.1) is 5.92 Å². The van der Waals surface area contributed by atoms with E-state index in [1.165, 1.54) is 24.3 Å². The standard InChI is InChI=1S/C10H16N2OS/c13-6-10-5-9(11-12-10)4-8-2-1-3-14-7-8/h5,8,13H,1-4,6-7H2,(H,11,12). The van der Waals surface area contributed by atoms with Gasteiger partial charge in [0.2, 0.25) is 0 Å². The fraction of sp³-hybridized carbons (Fsp3) is 0.700. The third-order valence-corrected chi connectivity index (χ3v) is 3.89. The van der Waals surface area contributed by atoms with E-state index >= 15 is 0 Å². The van der Waals surface area contributed by atoms with Gasteiger partial charge in [-0.2, -0.15) is 16.9 Å². The Morgan fingerprint density at radius 2 is 2.57 bits per heavy atom. The Morgan fingerprint density at radius 3 is 3.21 bits per heavy atom. The molecule has 4 heteroatoms. The average Bonchev–Trinajstić information content (AvgIpc) is 2.67. The number of aliphatic hydroxyl groups is 1. The summed E-state index contributed by atoms with van der Waals surface area (Å²) in [5.41, 5.74) is 1.92. The van der Waals surface area contributed by atoms with Gasteiger partial charge in [-0.05, 0) is 42.8 Å². The van der Waals surface area contributed by atoms with Gasteiger partial charge in [0.05, 0.1) is 18.0 Å². The highest BCUT2D eigenvalue weighted by molar-refractivity contribution is 7.99. The summed E-state index contributed by atoms with van der Waals surface area (Å²) in [6.45, 7) is 0.0619. The predicted molar refractivity (Wildman–Crippen MR) is 58.3 cm³/mol. The van der Waals surface area contributed by atoms with E-state index in [4.69, 9.17) is 5.11 Å². The van der Waals surface area contributed by atoms with Crippen molar-refractivity contribution < 1.29 is 5.11 Å². The molecule has 1 aromatic heterocycles. The van der Waals surface area contributed by atoms with Gasteiger partial charge in [0.25, 0.3) is 0 Å². The average molecular weight is 212 g/mol. The van der Waals surface area contributed by atoms with Gasteiger partial charge < -0.3 is 5.11 Å². The number of nitrogens with one attached hydrogen (secondary N) is 1. The lowest BCUT2D eigenvalue weighted by atomic mass is 9.99. The molecule has 1 atom stereocenters. The monoisotopic (exact) mass is 212 g/mol. The number of aliphatic hydroxyl groups excluding tert-OH is 1. The Labute approximate surface area is 88.3 Å². The maximum absolute atomic E-state index is 8.88. The number of aromatic amines is 1. The van der Waals surface area contributed by atoms with Crippen molar-refractivity contribution in [3.8, 4) is 0 Å². The number of H-pyrrole nitrogens is 1. The first-order chi connectivity index (χ1) is 6.88. The van der Waals surface area contributed by atoms with E-state index in [2.05, 4.69) is 10.2 Å². The third-order valence-electron chi connectivity index (χ3n) is 2.61. The van der Waals surface area contributed by atoms with Crippen LogP contribution in [-0.4, -0.2) is 26.8 Å². The van der Waals surface area contributed by atoms with Crippen LogP contribution in [0.1, 0.15) is 24.2 Å². The van der Waals surface area contributed by atoms with Crippen LogP contribution in [0.3, 0.4) is 0 Å². The first-order valence-corrected chi connectivity index (χ1v) is 6.25. The van der Waals surface area contributed by atoms with E-state index in [9.17, 15) is 0 Å². The summed E-state index contributed by atoms with van der Waals surface area (Å²) in [6.07, 6.45) is 3.73. The van der Waals surface area contributed by atoms with Gasteiger partial charge in [-0.3, -0.25) is 5.10 Å². The predicted octanol–water partition coefficient (Wildman–Crippen LogP) is 1.59. The second kappa shape index (κ2) is 4.84. The largest absolute Gasteiger partial charge is 0.390 e. The lowest BCUT2D eigenvalue weighted by Gasteiger charge is -2.19. The molecule has 1 aliphatic heterocycles. The zero-order chi connectivity index (χ0) is 9.80. The highest BCUT2D eigenvalue weighted by Crippen LogP contribution is 2.25. The molecule has 3 nitrogen and oxygen atoms in total. The Hall–Kier alpha value is -0.480. The van der Waals surface area contributed by atoms with Gasteiger partial charge in [-0.25, -0.2) is 0 Å². The Balaban J connectivity index is 1.89. The molecule has 1 unspecified atom stereocenters. The second-order valence-corrected chi connectivity index (χ2v) is 4.98. The van der Waals surface area contributed by atoms with Gasteiger partial charge in [-0.15, -0.1) is 0 Å². The van der Waals surface area contributed by atoms with Crippen molar-refractivity contribution in [2.75, 3.05) is 11.5 Å². The van der Waals surface area contributed by atoms with Crippen molar-refractivity contribution in [1.29, 1.82) is 0 Å². The third kappa shape index (κ3) is 2.51. The minimum atomic E-state index is 0.0619. The zero-order valence-corrected chi connectivity index (χ0v) is 9.02. The van der Waals surface area contributed by atoms with E-state index < -0.39 is 0 Å². The molecule has 2 heterocycles. The Kier molecular flexibility index (Phi) is 3.48. The Bertz CT molecular complexity index is 281. The molecule has 1 aliphatic rings. The number of nitrogens with zero attached hydrogens (tertiary/aromatic N) is 1. The fourth-order valence-electron chi connectivity index (χ4n) is 1.86. The van der Waals surface area contributed by atoms with Crippen molar-refractivity contribution >= 4 is 11.8 Å². The van der Waals surface area contributed by atoms with Gasteiger partial charge in [0.15, 0.2) is 0 Å². The first kappa shape index (κ1) is 10.1. The van der Waals surface area contributed by atoms with Gasteiger partial charge in [0, 0.05) is 0 Å². The van der Waals surface area contributed by atoms with E-state index in [0.717, 1.165) is 23.7 Å². The molecule has 1 aromatic rings. The van der Waals surface area contributed by atoms with Gasteiger partial charge in [-0.1, -0.05) is 0 Å². The van der Waals surface area contributed by atoms with Gasteiger partial charge >= 0.3 is 0 Å². The molecule has 78 valence electrons. The molecule has 0 radical (unpaired) electrons. The summed E-state index contributed by atoms with van der Waals surface area (Å²) in [5, 5.41) is 15.9. The summed E-state index contributed by atoms with van der Waals surface area (Å²) in [7, 11) is 0. The molecule has 0 aromatic carbocycles. The molecule has 2 rings (SSSR count). The second-order valence-electron chi connectivity index (χ2n) is 3.83. The van der Waals surface area contributed by atoms with Crippen LogP contribution in [0.4, 0.5) is 0 Å². The number of thioether (sulfide) groups is 1.